The van der Waals surface area contributed by atoms with Crippen LogP contribution in [0.3, 0.4) is 0 Å². The second-order valence-corrected chi connectivity index (χ2v) is 2.57. The Hall–Kier alpha value is -0.540. The summed E-state index contributed by atoms with van der Waals surface area (Å²) in [4.78, 5) is 10.1. The Labute approximate surface area is 64.5 Å². The maximum atomic E-state index is 10.1. The number of allylic oxidation sites excluding steroid dienone is 1. The highest BCUT2D eigenvalue weighted by atomic mass is 35.5. The minimum atomic E-state index is -1.01. The van der Waals surface area contributed by atoms with E-state index in [1.807, 2.05) is 0 Å². The molecule has 1 atom stereocenters. The van der Waals surface area contributed by atoms with Crippen LogP contribution in [0.15, 0.2) is 11.1 Å². The summed E-state index contributed by atoms with van der Waals surface area (Å²) in [5.74, 6) is -1.01. The van der Waals surface area contributed by atoms with E-state index in [-0.39, 0.29) is 6.42 Å². The van der Waals surface area contributed by atoms with Gasteiger partial charge in [-0.25, -0.2) is 0 Å². The summed E-state index contributed by atoms with van der Waals surface area (Å²) in [5.41, 5.74) is 5.16. The first-order chi connectivity index (χ1) is 4.54. The Morgan fingerprint density at radius 3 is 2.70 bits per heavy atom. The van der Waals surface area contributed by atoms with Crippen molar-refractivity contribution in [3.8, 4) is 0 Å². The van der Waals surface area contributed by atoms with E-state index in [4.69, 9.17) is 22.4 Å². The number of nitrogens with two attached hydrogens (primary N) is 1. The molecule has 58 valence electrons. The van der Waals surface area contributed by atoms with Gasteiger partial charge in [-0.3, -0.25) is 4.79 Å². The Morgan fingerprint density at radius 1 is 1.90 bits per heavy atom. The van der Waals surface area contributed by atoms with E-state index < -0.39 is 12.0 Å². The molecule has 0 heterocycles. The predicted molar refractivity (Wildman–Crippen MR) is 39.8 cm³/mol. The summed E-state index contributed by atoms with van der Waals surface area (Å²) in [5, 5.41) is 8.86. The Bertz CT molecular complexity index is 152. The van der Waals surface area contributed by atoms with Crippen molar-refractivity contribution in [1.82, 2.24) is 0 Å². The average Bonchev–Trinajstić information content (AvgIpc) is 1.82. The third-order valence-electron chi connectivity index (χ3n) is 0.970. The second-order valence-electron chi connectivity index (χ2n) is 1.97. The zero-order valence-electron chi connectivity index (χ0n) is 5.67. The van der Waals surface area contributed by atoms with Crippen molar-refractivity contribution in [2.24, 2.45) is 5.73 Å². The monoisotopic (exact) mass is 163 g/mol. The maximum Gasteiger partial charge on any atom is 0.320 e. The Balaban J connectivity index is 3.70. The summed E-state index contributed by atoms with van der Waals surface area (Å²) in [6.45, 7) is 1.68. The molecule has 0 fully saturated rings. The summed E-state index contributed by atoms with van der Waals surface area (Å²) in [6, 6.07) is -0.839. The normalized spacial score (nSPS) is 14.9. The zero-order valence-corrected chi connectivity index (χ0v) is 6.43. The van der Waals surface area contributed by atoms with Crippen molar-refractivity contribution < 1.29 is 9.90 Å². The Morgan fingerprint density at radius 2 is 2.40 bits per heavy atom. The van der Waals surface area contributed by atoms with E-state index in [0.717, 1.165) is 0 Å². The number of halogens is 1. The second kappa shape index (κ2) is 4.30. The molecular formula is C6H10ClNO2. The lowest BCUT2D eigenvalue weighted by Crippen LogP contribution is -2.29. The molecule has 0 aliphatic carbocycles. The highest BCUT2D eigenvalue weighted by Gasteiger charge is 2.08. The van der Waals surface area contributed by atoms with Crippen LogP contribution in [0.5, 0.6) is 0 Å². The molecule has 0 aromatic carbocycles. The van der Waals surface area contributed by atoms with E-state index in [0.29, 0.717) is 5.03 Å². The molecule has 4 heteroatoms. The number of hydrogen-bond donors (Lipinski definition) is 2. The molecule has 3 N–H and O–H groups in total. The fourth-order valence-electron chi connectivity index (χ4n) is 0.390. The number of carbonyl (C=O) groups is 1. The number of hydrogen-bond acceptors (Lipinski definition) is 2. The molecule has 0 aromatic heterocycles. The van der Waals surface area contributed by atoms with Gasteiger partial charge in [0.25, 0.3) is 0 Å². The molecule has 0 aromatic rings. The summed E-state index contributed by atoms with van der Waals surface area (Å²) >= 11 is 5.44. The average molecular weight is 164 g/mol. The van der Waals surface area contributed by atoms with Crippen LogP contribution in [0.2, 0.25) is 0 Å². The summed E-state index contributed by atoms with van der Waals surface area (Å²) in [6.07, 6.45) is 1.87. The van der Waals surface area contributed by atoms with Gasteiger partial charge in [0, 0.05) is 5.03 Å². The fourth-order valence-corrected chi connectivity index (χ4v) is 0.479. The lowest BCUT2D eigenvalue weighted by Gasteiger charge is -2.00. The number of rotatable bonds is 3. The van der Waals surface area contributed by atoms with Gasteiger partial charge in [0.1, 0.15) is 6.04 Å². The molecule has 0 radical (unpaired) electrons. The smallest absolute Gasteiger partial charge is 0.320 e. The number of carboxylic acids is 1. The SMILES string of the molecule is C/C(Cl)=C/C[C@H](N)C(=O)O. The first kappa shape index (κ1) is 9.46. The molecule has 0 aliphatic rings. The first-order valence-corrected chi connectivity index (χ1v) is 3.22. The van der Waals surface area contributed by atoms with E-state index >= 15 is 0 Å². The molecule has 3 nitrogen and oxygen atoms in total. The van der Waals surface area contributed by atoms with E-state index in [1.165, 1.54) is 0 Å². The molecule has 0 amide bonds. The molecule has 0 rings (SSSR count). The van der Waals surface area contributed by atoms with Crippen LogP contribution < -0.4 is 5.73 Å². The molecule has 0 bridgehead atoms. The highest BCUT2D eigenvalue weighted by Crippen LogP contribution is 2.01. The highest BCUT2D eigenvalue weighted by molar-refractivity contribution is 6.29. The molecular weight excluding hydrogens is 154 g/mol. The molecule has 0 saturated carbocycles. The first-order valence-electron chi connectivity index (χ1n) is 2.84. The van der Waals surface area contributed by atoms with Gasteiger partial charge in [0.2, 0.25) is 0 Å². The topological polar surface area (TPSA) is 63.3 Å². The third kappa shape index (κ3) is 4.35. The van der Waals surface area contributed by atoms with Gasteiger partial charge in [-0.05, 0) is 13.3 Å². The third-order valence-corrected chi connectivity index (χ3v) is 1.12. The fraction of sp³-hybridized carbons (Fsp3) is 0.500. The standard InChI is InChI=1S/C6H10ClNO2/c1-4(7)2-3-5(8)6(9)10/h2,5H,3,8H2,1H3,(H,9,10)/b4-2-/t5-/m0/s1. The van der Waals surface area contributed by atoms with Gasteiger partial charge in [-0.1, -0.05) is 17.7 Å². The van der Waals surface area contributed by atoms with Crippen molar-refractivity contribution >= 4 is 17.6 Å². The van der Waals surface area contributed by atoms with Crippen LogP contribution in [0.25, 0.3) is 0 Å². The molecule has 0 aliphatic heterocycles. The van der Waals surface area contributed by atoms with Gasteiger partial charge >= 0.3 is 5.97 Å². The van der Waals surface area contributed by atoms with E-state index in [1.54, 1.807) is 13.0 Å². The van der Waals surface area contributed by atoms with Crippen LogP contribution in [0, 0.1) is 0 Å². The van der Waals surface area contributed by atoms with Crippen LogP contribution in [-0.4, -0.2) is 17.1 Å². The van der Waals surface area contributed by atoms with Crippen molar-refractivity contribution in [3.63, 3.8) is 0 Å². The maximum absolute atomic E-state index is 10.1. The van der Waals surface area contributed by atoms with Crippen molar-refractivity contribution in [1.29, 1.82) is 0 Å². The predicted octanol–water partition coefficient (Wildman–Crippen LogP) is 0.931. The molecule has 10 heavy (non-hydrogen) atoms. The van der Waals surface area contributed by atoms with Crippen LogP contribution in [-0.2, 0) is 4.79 Å². The number of aliphatic carboxylic acids is 1. The van der Waals surface area contributed by atoms with Gasteiger partial charge in [-0.15, -0.1) is 0 Å². The lowest BCUT2D eigenvalue weighted by molar-refractivity contribution is -0.138. The van der Waals surface area contributed by atoms with Gasteiger partial charge in [0.05, 0.1) is 0 Å². The number of carboxylic acid groups (broad SMARTS) is 1. The zero-order chi connectivity index (χ0) is 8.15. The largest absolute Gasteiger partial charge is 0.480 e. The van der Waals surface area contributed by atoms with Gasteiger partial charge < -0.3 is 10.8 Å². The molecule has 0 spiro atoms. The summed E-state index contributed by atoms with van der Waals surface area (Å²) < 4.78 is 0. The quantitative estimate of drug-likeness (QED) is 0.651. The van der Waals surface area contributed by atoms with Crippen LogP contribution in [0.1, 0.15) is 13.3 Å². The molecule has 0 saturated heterocycles. The van der Waals surface area contributed by atoms with Crippen molar-refractivity contribution in [2.45, 2.75) is 19.4 Å². The van der Waals surface area contributed by atoms with Gasteiger partial charge in [-0.2, -0.15) is 0 Å². The Kier molecular flexibility index (Phi) is 4.07. The van der Waals surface area contributed by atoms with Crippen molar-refractivity contribution in [3.05, 3.63) is 11.1 Å². The van der Waals surface area contributed by atoms with Crippen LogP contribution >= 0.6 is 11.6 Å². The van der Waals surface area contributed by atoms with E-state index in [9.17, 15) is 4.79 Å². The van der Waals surface area contributed by atoms with Gasteiger partial charge in [0.15, 0.2) is 0 Å². The van der Waals surface area contributed by atoms with Crippen LogP contribution in [0.4, 0.5) is 0 Å². The minimum Gasteiger partial charge on any atom is -0.480 e. The van der Waals surface area contributed by atoms with Crippen molar-refractivity contribution in [2.75, 3.05) is 0 Å². The minimum absolute atomic E-state index is 0.282. The van der Waals surface area contributed by atoms with E-state index in [2.05, 4.69) is 0 Å². The molecule has 0 unspecified atom stereocenters. The lowest BCUT2D eigenvalue weighted by atomic mass is 10.2. The summed E-state index contributed by atoms with van der Waals surface area (Å²) in [7, 11) is 0.